The van der Waals surface area contributed by atoms with Gasteiger partial charge in [0.2, 0.25) is 0 Å². The Morgan fingerprint density at radius 2 is 1.72 bits per heavy atom. The molecule has 1 saturated heterocycles. The van der Waals surface area contributed by atoms with Gasteiger partial charge < -0.3 is 9.80 Å². The van der Waals surface area contributed by atoms with Crippen molar-refractivity contribution in [2.45, 2.75) is 6.92 Å². The molecule has 0 unspecified atom stereocenters. The Hall–Kier alpha value is -2.74. The molecule has 130 valence electrons. The van der Waals surface area contributed by atoms with Gasteiger partial charge in [0.15, 0.2) is 0 Å². The van der Waals surface area contributed by atoms with Gasteiger partial charge in [0, 0.05) is 43.4 Å². The quantitative estimate of drug-likeness (QED) is 0.623. The lowest BCUT2D eigenvalue weighted by atomic mass is 10.1. The Balaban J connectivity index is 1.67. The number of piperazine rings is 1. The fourth-order valence-electron chi connectivity index (χ4n) is 2.79. The molecule has 1 aromatic heterocycles. The van der Waals surface area contributed by atoms with Crippen molar-refractivity contribution in [1.29, 1.82) is 0 Å². The van der Waals surface area contributed by atoms with Gasteiger partial charge in [-0.2, -0.15) is 0 Å². The second-order valence-corrected chi connectivity index (χ2v) is 6.77. The van der Waals surface area contributed by atoms with Gasteiger partial charge in [-0.3, -0.25) is 19.7 Å². The topological polar surface area (TPSA) is 83.8 Å². The summed E-state index contributed by atoms with van der Waals surface area (Å²) in [6.45, 7) is 3.38. The third kappa shape index (κ3) is 3.53. The van der Waals surface area contributed by atoms with E-state index in [0.29, 0.717) is 42.2 Å². The van der Waals surface area contributed by atoms with Gasteiger partial charge in [-0.05, 0) is 24.4 Å². The molecule has 25 heavy (non-hydrogen) atoms. The summed E-state index contributed by atoms with van der Waals surface area (Å²) in [7, 11) is 0. The number of hydrogen-bond donors (Lipinski definition) is 0. The first kappa shape index (κ1) is 17.1. The van der Waals surface area contributed by atoms with Gasteiger partial charge in [-0.15, -0.1) is 11.3 Å². The summed E-state index contributed by atoms with van der Waals surface area (Å²) >= 11 is 1.40. The lowest BCUT2D eigenvalue weighted by molar-refractivity contribution is -0.385. The van der Waals surface area contributed by atoms with Crippen LogP contribution in [0.2, 0.25) is 0 Å². The molecule has 7 nitrogen and oxygen atoms in total. The Morgan fingerprint density at radius 1 is 1.08 bits per heavy atom. The van der Waals surface area contributed by atoms with Crippen molar-refractivity contribution in [3.05, 3.63) is 61.8 Å². The van der Waals surface area contributed by atoms with E-state index in [-0.39, 0.29) is 17.5 Å². The van der Waals surface area contributed by atoms with Crippen molar-refractivity contribution in [2.24, 2.45) is 0 Å². The van der Waals surface area contributed by atoms with Gasteiger partial charge in [-0.25, -0.2) is 0 Å². The van der Waals surface area contributed by atoms with E-state index in [1.807, 2.05) is 11.4 Å². The number of rotatable bonds is 3. The van der Waals surface area contributed by atoms with Crippen LogP contribution in [0.5, 0.6) is 0 Å². The molecule has 0 bridgehead atoms. The lowest BCUT2D eigenvalue weighted by Gasteiger charge is -2.34. The summed E-state index contributed by atoms with van der Waals surface area (Å²) in [6.07, 6.45) is 0. The molecule has 0 saturated carbocycles. The summed E-state index contributed by atoms with van der Waals surface area (Å²) in [4.78, 5) is 39.5. The van der Waals surface area contributed by atoms with Crippen LogP contribution in [-0.4, -0.2) is 52.7 Å². The van der Waals surface area contributed by atoms with Crippen molar-refractivity contribution < 1.29 is 14.5 Å². The highest BCUT2D eigenvalue weighted by molar-refractivity contribution is 7.12. The molecule has 3 rings (SSSR count). The maximum Gasteiger partial charge on any atom is 0.273 e. The molecule has 2 aromatic rings. The van der Waals surface area contributed by atoms with Crippen molar-refractivity contribution in [3.63, 3.8) is 0 Å². The van der Waals surface area contributed by atoms with E-state index in [4.69, 9.17) is 0 Å². The fourth-order valence-corrected chi connectivity index (χ4v) is 3.48. The molecule has 1 aromatic carbocycles. The molecule has 2 heterocycles. The molecule has 0 aliphatic carbocycles. The lowest BCUT2D eigenvalue weighted by Crippen LogP contribution is -2.50. The van der Waals surface area contributed by atoms with Crippen LogP contribution in [0.25, 0.3) is 0 Å². The highest BCUT2D eigenvalue weighted by Crippen LogP contribution is 2.21. The van der Waals surface area contributed by atoms with Crippen molar-refractivity contribution in [2.75, 3.05) is 26.2 Å². The van der Waals surface area contributed by atoms with Crippen LogP contribution >= 0.6 is 11.3 Å². The van der Waals surface area contributed by atoms with Gasteiger partial charge in [0.1, 0.15) is 0 Å². The molecular formula is C17H17N3O4S. The first-order chi connectivity index (χ1) is 12.0. The van der Waals surface area contributed by atoms with Crippen molar-refractivity contribution in [3.8, 4) is 0 Å². The number of carbonyl (C=O) groups excluding carboxylic acids is 2. The smallest absolute Gasteiger partial charge is 0.273 e. The summed E-state index contributed by atoms with van der Waals surface area (Å²) in [6, 6.07) is 8.13. The van der Waals surface area contributed by atoms with Crippen LogP contribution in [0.4, 0.5) is 5.69 Å². The van der Waals surface area contributed by atoms with E-state index in [9.17, 15) is 19.7 Å². The zero-order chi connectivity index (χ0) is 18.0. The van der Waals surface area contributed by atoms with Gasteiger partial charge in [0.25, 0.3) is 17.5 Å². The molecule has 1 fully saturated rings. The molecule has 2 amide bonds. The Morgan fingerprint density at radius 3 is 2.28 bits per heavy atom. The molecule has 0 spiro atoms. The summed E-state index contributed by atoms with van der Waals surface area (Å²) in [5.74, 6) is -0.264. The maximum absolute atomic E-state index is 12.6. The minimum atomic E-state index is -0.482. The number of nitro groups is 1. The summed E-state index contributed by atoms with van der Waals surface area (Å²) in [5.41, 5.74) is 0.764. The number of hydrogen-bond acceptors (Lipinski definition) is 5. The third-order valence-corrected chi connectivity index (χ3v) is 5.10. The van der Waals surface area contributed by atoms with E-state index >= 15 is 0 Å². The molecule has 0 atom stereocenters. The van der Waals surface area contributed by atoms with Gasteiger partial charge in [0.05, 0.1) is 9.80 Å². The average molecular weight is 359 g/mol. The van der Waals surface area contributed by atoms with Gasteiger partial charge >= 0.3 is 0 Å². The minimum Gasteiger partial charge on any atom is -0.335 e. The van der Waals surface area contributed by atoms with Crippen molar-refractivity contribution >= 4 is 28.8 Å². The number of aryl methyl sites for hydroxylation is 1. The Labute approximate surface area is 148 Å². The largest absolute Gasteiger partial charge is 0.335 e. The fraction of sp³-hybridized carbons (Fsp3) is 0.294. The Bertz CT molecular complexity index is 811. The minimum absolute atomic E-state index is 0.0203. The zero-order valence-electron chi connectivity index (χ0n) is 13.7. The second kappa shape index (κ2) is 7.02. The van der Waals surface area contributed by atoms with Crippen LogP contribution in [0.1, 0.15) is 25.6 Å². The molecule has 1 aliphatic rings. The maximum atomic E-state index is 12.6. The monoisotopic (exact) mass is 359 g/mol. The summed E-state index contributed by atoms with van der Waals surface area (Å²) < 4.78 is 0. The first-order valence-corrected chi connectivity index (χ1v) is 8.72. The first-order valence-electron chi connectivity index (χ1n) is 7.84. The normalized spacial score (nSPS) is 14.4. The van der Waals surface area contributed by atoms with Crippen LogP contribution < -0.4 is 0 Å². The molecule has 0 N–H and O–H groups in total. The molecule has 8 heteroatoms. The number of benzene rings is 1. The highest BCUT2D eigenvalue weighted by atomic mass is 32.1. The predicted molar refractivity (Wildman–Crippen MR) is 94.0 cm³/mol. The van der Waals surface area contributed by atoms with E-state index in [1.54, 1.807) is 34.9 Å². The summed E-state index contributed by atoms with van der Waals surface area (Å²) in [5, 5.41) is 12.9. The average Bonchev–Trinajstić information content (AvgIpc) is 3.15. The van der Waals surface area contributed by atoms with Crippen LogP contribution in [-0.2, 0) is 0 Å². The molecule has 0 radical (unpaired) electrons. The third-order valence-electron chi connectivity index (χ3n) is 4.24. The predicted octanol–water partition coefficient (Wildman–Crippen LogP) is 2.56. The van der Waals surface area contributed by atoms with E-state index in [2.05, 4.69) is 0 Å². The van der Waals surface area contributed by atoms with Crippen LogP contribution in [0.3, 0.4) is 0 Å². The standard InChI is InChI=1S/C17H17N3O4S/c1-12-4-5-13(11-14(12)20(23)24)16(21)18-6-8-19(9-7-18)17(22)15-3-2-10-25-15/h2-5,10-11H,6-9H2,1H3. The van der Waals surface area contributed by atoms with E-state index in [1.165, 1.54) is 17.4 Å². The van der Waals surface area contributed by atoms with Crippen molar-refractivity contribution in [1.82, 2.24) is 9.80 Å². The highest BCUT2D eigenvalue weighted by Gasteiger charge is 2.26. The van der Waals surface area contributed by atoms with Crippen LogP contribution in [0, 0.1) is 17.0 Å². The number of nitro benzene ring substituents is 1. The number of thiophene rings is 1. The number of carbonyl (C=O) groups is 2. The molecular weight excluding hydrogens is 342 g/mol. The van der Waals surface area contributed by atoms with E-state index in [0.717, 1.165) is 0 Å². The zero-order valence-corrected chi connectivity index (χ0v) is 14.5. The molecule has 1 aliphatic heterocycles. The van der Waals surface area contributed by atoms with Gasteiger partial charge in [-0.1, -0.05) is 12.1 Å². The van der Waals surface area contributed by atoms with Crippen LogP contribution in [0.15, 0.2) is 35.7 Å². The number of nitrogens with zero attached hydrogens (tertiary/aromatic N) is 3. The second-order valence-electron chi connectivity index (χ2n) is 5.82. The Kier molecular flexibility index (Phi) is 4.80. The van der Waals surface area contributed by atoms with E-state index < -0.39 is 4.92 Å². The number of amides is 2. The SMILES string of the molecule is Cc1ccc(C(=O)N2CCN(C(=O)c3cccs3)CC2)cc1[N+](=O)[O-].